The Morgan fingerprint density at radius 1 is 1.05 bits per heavy atom. The highest BCUT2D eigenvalue weighted by molar-refractivity contribution is 5.89. The number of carbonyl (C=O) groups is 1. The molecule has 0 aliphatic heterocycles. The Morgan fingerprint density at radius 3 is 2.48 bits per heavy atom. The lowest BCUT2D eigenvalue weighted by Crippen LogP contribution is -2.11. The summed E-state index contributed by atoms with van der Waals surface area (Å²) in [7, 11) is 0. The van der Waals surface area contributed by atoms with Crippen LogP contribution in [0, 0.1) is 6.92 Å². The number of hydrogen-bond acceptors (Lipinski definition) is 2. The maximum Gasteiger partial charge on any atom is 0.221 e. The number of para-hydroxylation sites is 2. The third-order valence-electron chi connectivity index (χ3n) is 3.52. The van der Waals surface area contributed by atoms with Crippen molar-refractivity contribution in [3.63, 3.8) is 0 Å². The second-order valence-corrected chi connectivity index (χ2v) is 5.15. The molecule has 0 bridgehead atoms. The SMILES string of the molecule is CCc1cccc(C)c1NCc1ccccc1NC(C)=O. The van der Waals surface area contributed by atoms with Gasteiger partial charge in [-0.15, -0.1) is 0 Å². The van der Waals surface area contributed by atoms with Crippen LogP contribution in [0.3, 0.4) is 0 Å². The molecule has 0 unspecified atom stereocenters. The van der Waals surface area contributed by atoms with Crippen LogP contribution in [-0.4, -0.2) is 5.91 Å². The molecule has 0 atom stereocenters. The number of nitrogens with one attached hydrogen (secondary N) is 2. The van der Waals surface area contributed by atoms with Gasteiger partial charge in [-0.1, -0.05) is 43.3 Å². The van der Waals surface area contributed by atoms with E-state index in [1.165, 1.54) is 23.7 Å². The molecule has 3 nitrogen and oxygen atoms in total. The van der Waals surface area contributed by atoms with Gasteiger partial charge in [0.2, 0.25) is 5.91 Å². The van der Waals surface area contributed by atoms with E-state index in [0.717, 1.165) is 17.7 Å². The lowest BCUT2D eigenvalue weighted by Gasteiger charge is -2.16. The number of amides is 1. The molecule has 3 heteroatoms. The van der Waals surface area contributed by atoms with Crippen LogP contribution in [-0.2, 0) is 17.8 Å². The molecule has 0 spiro atoms. The predicted molar refractivity (Wildman–Crippen MR) is 88.6 cm³/mol. The minimum Gasteiger partial charge on any atom is -0.380 e. The zero-order valence-electron chi connectivity index (χ0n) is 12.9. The zero-order chi connectivity index (χ0) is 15.2. The van der Waals surface area contributed by atoms with Crippen LogP contribution in [0.2, 0.25) is 0 Å². The Hall–Kier alpha value is -2.29. The zero-order valence-corrected chi connectivity index (χ0v) is 12.9. The van der Waals surface area contributed by atoms with Crippen LogP contribution in [0.1, 0.15) is 30.5 Å². The Bertz CT molecular complexity index is 635. The summed E-state index contributed by atoms with van der Waals surface area (Å²) in [6.07, 6.45) is 0.997. The maximum atomic E-state index is 11.3. The maximum absolute atomic E-state index is 11.3. The van der Waals surface area contributed by atoms with E-state index in [4.69, 9.17) is 0 Å². The highest BCUT2D eigenvalue weighted by atomic mass is 16.1. The van der Waals surface area contributed by atoms with E-state index in [0.29, 0.717) is 6.54 Å². The first-order valence-corrected chi connectivity index (χ1v) is 7.29. The van der Waals surface area contributed by atoms with Gasteiger partial charge in [0, 0.05) is 24.8 Å². The van der Waals surface area contributed by atoms with Crippen LogP contribution in [0.15, 0.2) is 42.5 Å². The minimum absolute atomic E-state index is 0.0485. The molecule has 0 saturated heterocycles. The molecular weight excluding hydrogens is 260 g/mol. The average molecular weight is 282 g/mol. The third kappa shape index (κ3) is 3.85. The lowest BCUT2D eigenvalue weighted by molar-refractivity contribution is -0.114. The summed E-state index contributed by atoms with van der Waals surface area (Å²) >= 11 is 0. The summed E-state index contributed by atoms with van der Waals surface area (Å²) in [5.74, 6) is -0.0485. The molecule has 0 aliphatic rings. The van der Waals surface area contributed by atoms with E-state index in [9.17, 15) is 4.79 Å². The first-order valence-electron chi connectivity index (χ1n) is 7.29. The standard InChI is InChI=1S/C18H22N2O/c1-4-15-10-7-8-13(2)18(15)19-12-16-9-5-6-11-17(16)20-14(3)21/h5-11,19H,4,12H2,1-3H3,(H,20,21). The molecule has 0 aliphatic carbocycles. The Kier molecular flexibility index (Phi) is 4.99. The first kappa shape index (κ1) is 15.1. The van der Waals surface area contributed by atoms with Crippen LogP contribution >= 0.6 is 0 Å². The number of rotatable bonds is 5. The van der Waals surface area contributed by atoms with Crippen molar-refractivity contribution < 1.29 is 4.79 Å². The van der Waals surface area contributed by atoms with E-state index < -0.39 is 0 Å². The van der Waals surface area contributed by atoms with Crippen LogP contribution in [0.4, 0.5) is 11.4 Å². The molecule has 110 valence electrons. The Balaban J connectivity index is 2.19. The fourth-order valence-electron chi connectivity index (χ4n) is 2.45. The summed E-state index contributed by atoms with van der Waals surface area (Å²) in [4.78, 5) is 11.3. The van der Waals surface area contributed by atoms with Gasteiger partial charge in [-0.05, 0) is 36.1 Å². The van der Waals surface area contributed by atoms with Gasteiger partial charge in [0.05, 0.1) is 0 Å². The molecule has 2 aromatic rings. The Morgan fingerprint density at radius 2 is 1.76 bits per heavy atom. The fraction of sp³-hybridized carbons (Fsp3) is 0.278. The molecule has 0 radical (unpaired) electrons. The van der Waals surface area contributed by atoms with Crippen molar-refractivity contribution in [1.29, 1.82) is 0 Å². The number of hydrogen-bond donors (Lipinski definition) is 2. The van der Waals surface area contributed by atoms with Crippen molar-refractivity contribution in [3.05, 3.63) is 59.2 Å². The van der Waals surface area contributed by atoms with Crippen LogP contribution in [0.5, 0.6) is 0 Å². The van der Waals surface area contributed by atoms with Crippen molar-refractivity contribution >= 4 is 17.3 Å². The van der Waals surface area contributed by atoms with E-state index in [1.54, 1.807) is 0 Å². The molecule has 0 heterocycles. The van der Waals surface area contributed by atoms with Gasteiger partial charge in [-0.2, -0.15) is 0 Å². The molecule has 0 aromatic heterocycles. The van der Waals surface area contributed by atoms with Crippen molar-refractivity contribution in [2.75, 3.05) is 10.6 Å². The fourth-order valence-corrected chi connectivity index (χ4v) is 2.45. The summed E-state index contributed by atoms with van der Waals surface area (Å²) in [5.41, 5.74) is 5.69. The minimum atomic E-state index is -0.0485. The van der Waals surface area contributed by atoms with Gasteiger partial charge < -0.3 is 10.6 Å². The number of benzene rings is 2. The summed E-state index contributed by atoms with van der Waals surface area (Å²) < 4.78 is 0. The van der Waals surface area contributed by atoms with Gasteiger partial charge in [0.15, 0.2) is 0 Å². The average Bonchev–Trinajstić information content (AvgIpc) is 2.46. The van der Waals surface area contributed by atoms with E-state index in [2.05, 4.69) is 42.7 Å². The molecule has 2 aromatic carbocycles. The van der Waals surface area contributed by atoms with E-state index in [1.807, 2.05) is 24.3 Å². The number of carbonyl (C=O) groups excluding carboxylic acids is 1. The summed E-state index contributed by atoms with van der Waals surface area (Å²) in [6, 6.07) is 14.2. The number of aryl methyl sites for hydroxylation is 2. The van der Waals surface area contributed by atoms with E-state index in [-0.39, 0.29) is 5.91 Å². The molecule has 2 N–H and O–H groups in total. The van der Waals surface area contributed by atoms with Gasteiger partial charge >= 0.3 is 0 Å². The molecule has 1 amide bonds. The first-order chi connectivity index (χ1) is 10.1. The van der Waals surface area contributed by atoms with Crippen molar-refractivity contribution in [2.45, 2.75) is 33.7 Å². The predicted octanol–water partition coefficient (Wildman–Crippen LogP) is 4.13. The molecule has 0 saturated carbocycles. The molecule has 0 fully saturated rings. The summed E-state index contributed by atoms with van der Waals surface area (Å²) in [5, 5.41) is 6.39. The monoisotopic (exact) mass is 282 g/mol. The van der Waals surface area contributed by atoms with Gasteiger partial charge in [0.1, 0.15) is 0 Å². The largest absolute Gasteiger partial charge is 0.380 e. The number of anilines is 2. The van der Waals surface area contributed by atoms with Gasteiger partial charge in [-0.25, -0.2) is 0 Å². The Labute approximate surface area is 126 Å². The van der Waals surface area contributed by atoms with Crippen LogP contribution < -0.4 is 10.6 Å². The highest BCUT2D eigenvalue weighted by Gasteiger charge is 2.06. The van der Waals surface area contributed by atoms with Crippen molar-refractivity contribution in [3.8, 4) is 0 Å². The normalized spacial score (nSPS) is 10.2. The molecule has 21 heavy (non-hydrogen) atoms. The topological polar surface area (TPSA) is 41.1 Å². The van der Waals surface area contributed by atoms with Gasteiger partial charge in [0.25, 0.3) is 0 Å². The van der Waals surface area contributed by atoms with Crippen molar-refractivity contribution in [1.82, 2.24) is 0 Å². The van der Waals surface area contributed by atoms with Crippen LogP contribution in [0.25, 0.3) is 0 Å². The third-order valence-corrected chi connectivity index (χ3v) is 3.52. The molecule has 2 rings (SSSR count). The quantitative estimate of drug-likeness (QED) is 0.865. The van der Waals surface area contributed by atoms with E-state index >= 15 is 0 Å². The summed E-state index contributed by atoms with van der Waals surface area (Å²) in [6.45, 7) is 6.49. The van der Waals surface area contributed by atoms with Crippen molar-refractivity contribution in [2.24, 2.45) is 0 Å². The second kappa shape index (κ2) is 6.93. The molecular formula is C18H22N2O. The smallest absolute Gasteiger partial charge is 0.221 e. The highest BCUT2D eigenvalue weighted by Crippen LogP contribution is 2.23. The second-order valence-electron chi connectivity index (χ2n) is 5.15. The lowest BCUT2D eigenvalue weighted by atomic mass is 10.1. The van der Waals surface area contributed by atoms with Gasteiger partial charge in [-0.3, -0.25) is 4.79 Å².